The van der Waals surface area contributed by atoms with Crippen molar-refractivity contribution in [1.82, 2.24) is 4.98 Å². The van der Waals surface area contributed by atoms with Crippen LogP contribution in [0.3, 0.4) is 0 Å². The minimum atomic E-state index is -3.14. The highest BCUT2D eigenvalue weighted by Crippen LogP contribution is 2.32. The molecule has 0 spiro atoms. The maximum Gasteiger partial charge on any atom is 0.257 e. The summed E-state index contributed by atoms with van der Waals surface area (Å²) in [5.41, 5.74) is 1.39. The predicted molar refractivity (Wildman–Crippen MR) is 68.3 cm³/mol. The zero-order valence-corrected chi connectivity index (χ0v) is 10.9. The molecule has 0 aliphatic carbocycles. The Morgan fingerprint density at radius 3 is 2.78 bits per heavy atom. The second-order valence-corrected chi connectivity index (χ2v) is 7.59. The SMILES string of the molecule is O=S1(=O)C[C@@H](O)[C@H](Sc2nc3ccccc3o2)C1. The number of aliphatic hydroxyl groups is 1. The van der Waals surface area contributed by atoms with Crippen molar-refractivity contribution in [2.45, 2.75) is 16.6 Å². The number of para-hydroxylation sites is 2. The molecule has 0 saturated carbocycles. The van der Waals surface area contributed by atoms with Crippen molar-refractivity contribution in [2.75, 3.05) is 11.5 Å². The summed E-state index contributed by atoms with van der Waals surface area (Å²) in [6, 6.07) is 7.32. The summed E-state index contributed by atoms with van der Waals surface area (Å²) < 4.78 is 28.3. The van der Waals surface area contributed by atoms with E-state index in [1.807, 2.05) is 18.2 Å². The number of aromatic nitrogens is 1. The molecular formula is C11H11NO4S2. The van der Waals surface area contributed by atoms with Gasteiger partial charge in [-0.2, -0.15) is 0 Å². The molecule has 1 aromatic carbocycles. The van der Waals surface area contributed by atoms with Crippen LogP contribution in [0.1, 0.15) is 0 Å². The molecule has 2 aromatic rings. The summed E-state index contributed by atoms with van der Waals surface area (Å²) in [5, 5.41) is 9.69. The third-order valence-corrected chi connectivity index (χ3v) is 5.89. The summed E-state index contributed by atoms with van der Waals surface area (Å²) in [6.45, 7) is 0. The number of rotatable bonds is 2. The van der Waals surface area contributed by atoms with Gasteiger partial charge < -0.3 is 9.52 Å². The lowest BCUT2D eigenvalue weighted by atomic mass is 10.3. The summed E-state index contributed by atoms with van der Waals surface area (Å²) in [7, 11) is -3.14. The first-order valence-electron chi connectivity index (χ1n) is 5.44. The van der Waals surface area contributed by atoms with Crippen molar-refractivity contribution in [3.63, 3.8) is 0 Å². The number of hydrogen-bond acceptors (Lipinski definition) is 6. The van der Waals surface area contributed by atoms with Gasteiger partial charge in [0.2, 0.25) is 0 Å². The van der Waals surface area contributed by atoms with E-state index in [0.717, 1.165) is 5.52 Å². The minimum absolute atomic E-state index is 0.0302. The lowest BCUT2D eigenvalue weighted by molar-refractivity contribution is 0.207. The maximum atomic E-state index is 11.4. The monoisotopic (exact) mass is 285 g/mol. The summed E-state index contributed by atoms with van der Waals surface area (Å²) >= 11 is 1.18. The summed E-state index contributed by atoms with van der Waals surface area (Å²) in [5.74, 6) is -0.206. The number of aliphatic hydroxyl groups excluding tert-OH is 1. The quantitative estimate of drug-likeness (QED) is 0.889. The molecule has 1 aliphatic heterocycles. The van der Waals surface area contributed by atoms with Gasteiger partial charge in [0.05, 0.1) is 22.9 Å². The van der Waals surface area contributed by atoms with E-state index in [0.29, 0.717) is 10.8 Å². The Morgan fingerprint density at radius 2 is 2.11 bits per heavy atom. The molecule has 1 aromatic heterocycles. The first kappa shape index (κ1) is 12.0. The van der Waals surface area contributed by atoms with E-state index in [-0.39, 0.29) is 11.5 Å². The van der Waals surface area contributed by atoms with Crippen LogP contribution < -0.4 is 0 Å². The Balaban J connectivity index is 1.84. The Hall–Kier alpha value is -1.05. The van der Waals surface area contributed by atoms with Crippen LogP contribution in [0.4, 0.5) is 0 Å². The van der Waals surface area contributed by atoms with E-state index in [1.54, 1.807) is 6.07 Å². The lowest BCUT2D eigenvalue weighted by Crippen LogP contribution is -2.19. The summed E-state index contributed by atoms with van der Waals surface area (Å²) in [4.78, 5) is 4.25. The van der Waals surface area contributed by atoms with Gasteiger partial charge in [-0.3, -0.25) is 0 Å². The molecular weight excluding hydrogens is 274 g/mol. The van der Waals surface area contributed by atoms with Crippen molar-refractivity contribution in [3.8, 4) is 0 Å². The van der Waals surface area contributed by atoms with Crippen molar-refractivity contribution < 1.29 is 17.9 Å². The van der Waals surface area contributed by atoms with Crippen molar-refractivity contribution >= 4 is 32.7 Å². The molecule has 3 rings (SSSR count). The highest BCUT2D eigenvalue weighted by Gasteiger charge is 2.38. The zero-order valence-electron chi connectivity index (χ0n) is 9.31. The molecule has 1 fully saturated rings. The molecule has 1 aliphatic rings. The molecule has 0 unspecified atom stereocenters. The number of benzene rings is 1. The third-order valence-electron chi connectivity index (χ3n) is 2.80. The Labute approximate surface area is 108 Å². The largest absolute Gasteiger partial charge is 0.431 e. The summed E-state index contributed by atoms with van der Waals surface area (Å²) in [6.07, 6.45) is -0.852. The van der Waals surface area contributed by atoms with E-state index in [2.05, 4.69) is 4.98 Å². The van der Waals surface area contributed by atoms with E-state index in [9.17, 15) is 13.5 Å². The number of thioether (sulfide) groups is 1. The average molecular weight is 285 g/mol. The molecule has 1 N–H and O–H groups in total. The van der Waals surface area contributed by atoms with Gasteiger partial charge in [-0.1, -0.05) is 23.9 Å². The van der Waals surface area contributed by atoms with Crippen molar-refractivity contribution in [2.24, 2.45) is 0 Å². The molecule has 0 radical (unpaired) electrons. The minimum Gasteiger partial charge on any atom is -0.431 e. The molecule has 2 atom stereocenters. The van der Waals surface area contributed by atoms with Gasteiger partial charge >= 0.3 is 0 Å². The zero-order chi connectivity index (χ0) is 12.8. The maximum absolute atomic E-state index is 11.4. The van der Waals surface area contributed by atoms with Crippen LogP contribution in [0.25, 0.3) is 11.1 Å². The van der Waals surface area contributed by atoms with Gasteiger partial charge in [-0.25, -0.2) is 13.4 Å². The van der Waals surface area contributed by atoms with Crippen LogP contribution in [-0.4, -0.2) is 41.4 Å². The van der Waals surface area contributed by atoms with Gasteiger partial charge in [0.15, 0.2) is 15.4 Å². The fraction of sp³-hybridized carbons (Fsp3) is 0.364. The highest BCUT2D eigenvalue weighted by atomic mass is 32.2. The van der Waals surface area contributed by atoms with Crippen LogP contribution in [0.15, 0.2) is 33.9 Å². The normalized spacial score (nSPS) is 26.7. The standard InChI is InChI=1S/C11H11NO4S2/c13-8-5-18(14,15)6-10(8)17-11-12-7-3-1-2-4-9(7)16-11/h1-4,8,10,13H,5-6H2/t8-,10-/m1/s1. The van der Waals surface area contributed by atoms with Crippen LogP contribution in [0.2, 0.25) is 0 Å². The predicted octanol–water partition coefficient (Wildman–Crippen LogP) is 1.08. The van der Waals surface area contributed by atoms with Crippen LogP contribution >= 0.6 is 11.8 Å². The van der Waals surface area contributed by atoms with Gasteiger partial charge in [0, 0.05) is 0 Å². The van der Waals surface area contributed by atoms with Crippen LogP contribution in [0.5, 0.6) is 0 Å². The second kappa shape index (κ2) is 4.25. The number of nitrogens with zero attached hydrogens (tertiary/aromatic N) is 1. The third kappa shape index (κ3) is 2.25. The fourth-order valence-corrected chi connectivity index (χ4v) is 5.37. The molecule has 7 heteroatoms. The highest BCUT2D eigenvalue weighted by molar-refractivity contribution is 8.01. The number of fused-ring (bicyclic) bond motifs is 1. The molecule has 5 nitrogen and oxygen atoms in total. The van der Waals surface area contributed by atoms with Gasteiger partial charge in [0.25, 0.3) is 5.22 Å². The first-order valence-corrected chi connectivity index (χ1v) is 8.14. The molecule has 18 heavy (non-hydrogen) atoms. The fourth-order valence-electron chi connectivity index (χ4n) is 1.94. The number of oxazole rings is 1. The number of sulfone groups is 1. The van der Waals surface area contributed by atoms with Crippen LogP contribution in [0, 0.1) is 0 Å². The molecule has 96 valence electrons. The topological polar surface area (TPSA) is 80.4 Å². The van der Waals surface area contributed by atoms with Gasteiger partial charge in [-0.05, 0) is 12.1 Å². The van der Waals surface area contributed by atoms with Gasteiger partial charge in [-0.15, -0.1) is 0 Å². The molecule has 0 bridgehead atoms. The average Bonchev–Trinajstić information content (AvgIpc) is 2.79. The molecule has 1 saturated heterocycles. The second-order valence-electron chi connectivity index (χ2n) is 4.25. The van der Waals surface area contributed by atoms with E-state index in [1.165, 1.54) is 11.8 Å². The van der Waals surface area contributed by atoms with E-state index < -0.39 is 21.2 Å². The van der Waals surface area contributed by atoms with Gasteiger partial charge in [0.1, 0.15) is 5.52 Å². The van der Waals surface area contributed by atoms with E-state index >= 15 is 0 Å². The smallest absolute Gasteiger partial charge is 0.257 e. The lowest BCUT2D eigenvalue weighted by Gasteiger charge is -2.08. The van der Waals surface area contributed by atoms with Crippen molar-refractivity contribution in [3.05, 3.63) is 24.3 Å². The van der Waals surface area contributed by atoms with Crippen LogP contribution in [-0.2, 0) is 9.84 Å². The Bertz CT molecular complexity index is 646. The van der Waals surface area contributed by atoms with E-state index in [4.69, 9.17) is 4.42 Å². The first-order chi connectivity index (χ1) is 8.53. The Morgan fingerprint density at radius 1 is 1.33 bits per heavy atom. The Kier molecular flexibility index (Phi) is 2.84. The number of hydrogen-bond donors (Lipinski definition) is 1. The molecule has 0 amide bonds. The van der Waals surface area contributed by atoms with Crippen molar-refractivity contribution in [1.29, 1.82) is 0 Å². The molecule has 2 heterocycles.